The van der Waals surface area contributed by atoms with Gasteiger partial charge >= 0.3 is 6.18 Å². The average Bonchev–Trinajstić information content (AvgIpc) is 2.41. The van der Waals surface area contributed by atoms with Crippen LogP contribution in [0.25, 0.3) is 0 Å². The van der Waals surface area contributed by atoms with Crippen molar-refractivity contribution >= 4 is 17.3 Å². The Balaban J connectivity index is 2.14. The van der Waals surface area contributed by atoms with E-state index in [-0.39, 0.29) is 19.4 Å². The van der Waals surface area contributed by atoms with Gasteiger partial charge in [0.05, 0.1) is 18.1 Å². The van der Waals surface area contributed by atoms with Crippen molar-refractivity contribution in [3.05, 3.63) is 29.3 Å². The lowest BCUT2D eigenvalue weighted by Gasteiger charge is -2.41. The van der Waals surface area contributed by atoms with E-state index in [1.54, 1.807) is 24.3 Å². The molecule has 112 valence electrons. The molecule has 0 aromatic heterocycles. The zero-order valence-corrected chi connectivity index (χ0v) is 11.6. The van der Waals surface area contributed by atoms with Crippen LogP contribution in [0.1, 0.15) is 25.7 Å². The van der Waals surface area contributed by atoms with Crippen LogP contribution in [0, 0.1) is 5.92 Å². The van der Waals surface area contributed by atoms with Crippen molar-refractivity contribution in [1.82, 2.24) is 0 Å². The molecule has 2 nitrogen and oxygen atoms in total. The number of aliphatic hydroxyl groups excluding tert-OH is 1. The molecule has 1 aromatic carbocycles. The molecule has 1 saturated carbocycles. The van der Waals surface area contributed by atoms with E-state index < -0.39 is 17.6 Å². The van der Waals surface area contributed by atoms with Crippen molar-refractivity contribution in [2.45, 2.75) is 37.4 Å². The van der Waals surface area contributed by atoms with Gasteiger partial charge in [-0.3, -0.25) is 0 Å². The third kappa shape index (κ3) is 3.58. The monoisotopic (exact) mass is 307 g/mol. The van der Waals surface area contributed by atoms with Crippen molar-refractivity contribution in [2.75, 3.05) is 11.9 Å². The van der Waals surface area contributed by atoms with Crippen LogP contribution in [0.3, 0.4) is 0 Å². The largest absolute Gasteiger partial charge is 0.394 e. The van der Waals surface area contributed by atoms with Gasteiger partial charge in [0.15, 0.2) is 0 Å². The molecule has 0 amide bonds. The van der Waals surface area contributed by atoms with Crippen molar-refractivity contribution in [3.63, 3.8) is 0 Å². The normalized spacial score (nSPS) is 27.4. The number of hydrogen-bond donors (Lipinski definition) is 2. The molecule has 1 aliphatic rings. The fourth-order valence-corrected chi connectivity index (χ4v) is 2.90. The lowest BCUT2D eigenvalue weighted by Crippen LogP contribution is -2.48. The van der Waals surface area contributed by atoms with Crippen LogP contribution in [0.15, 0.2) is 24.3 Å². The van der Waals surface area contributed by atoms with Gasteiger partial charge in [0.25, 0.3) is 0 Å². The van der Waals surface area contributed by atoms with Crippen LogP contribution in [0.2, 0.25) is 5.02 Å². The third-order valence-electron chi connectivity index (χ3n) is 3.86. The Hall–Kier alpha value is -0.940. The van der Waals surface area contributed by atoms with Gasteiger partial charge in [-0.2, -0.15) is 13.2 Å². The molecule has 0 saturated heterocycles. The molecule has 2 unspecified atom stereocenters. The van der Waals surface area contributed by atoms with Crippen molar-refractivity contribution in [1.29, 1.82) is 0 Å². The topological polar surface area (TPSA) is 32.3 Å². The Bertz CT molecular complexity index is 449. The van der Waals surface area contributed by atoms with Gasteiger partial charge in [-0.1, -0.05) is 18.0 Å². The molecule has 0 heterocycles. The summed E-state index contributed by atoms with van der Waals surface area (Å²) < 4.78 is 38.7. The zero-order chi connectivity index (χ0) is 14.8. The first-order valence-corrected chi connectivity index (χ1v) is 6.94. The summed E-state index contributed by atoms with van der Waals surface area (Å²) in [5.41, 5.74) is -0.238. The molecule has 1 fully saturated rings. The highest BCUT2D eigenvalue weighted by molar-refractivity contribution is 6.30. The second-order valence-corrected chi connectivity index (χ2v) is 5.84. The Labute approximate surface area is 120 Å². The number of benzene rings is 1. The van der Waals surface area contributed by atoms with E-state index in [1.165, 1.54) is 0 Å². The molecular formula is C14H17ClF3NO. The van der Waals surface area contributed by atoms with E-state index in [2.05, 4.69) is 5.32 Å². The molecule has 1 aromatic rings. The van der Waals surface area contributed by atoms with Gasteiger partial charge in [0.1, 0.15) is 0 Å². The summed E-state index contributed by atoms with van der Waals surface area (Å²) in [6, 6.07) is 6.74. The van der Waals surface area contributed by atoms with Gasteiger partial charge in [-0.25, -0.2) is 0 Å². The molecule has 0 aliphatic heterocycles. The summed E-state index contributed by atoms with van der Waals surface area (Å²) in [4.78, 5) is 0. The molecule has 0 radical (unpaired) electrons. The summed E-state index contributed by atoms with van der Waals surface area (Å²) in [7, 11) is 0. The molecule has 2 atom stereocenters. The number of halogens is 4. The molecule has 20 heavy (non-hydrogen) atoms. The van der Waals surface area contributed by atoms with Gasteiger partial charge in [-0.15, -0.1) is 0 Å². The standard InChI is InChI=1S/C14H17ClF3NO/c15-11-3-5-12(6-4-11)19-13(9-20)7-1-2-10(8-13)14(16,17)18/h3-6,10,19-20H,1-2,7-9H2. The molecule has 2 N–H and O–H groups in total. The summed E-state index contributed by atoms with van der Waals surface area (Å²) in [5, 5.41) is 13.2. The summed E-state index contributed by atoms with van der Waals surface area (Å²) in [6.07, 6.45) is -3.20. The highest BCUT2D eigenvalue weighted by atomic mass is 35.5. The Morgan fingerprint density at radius 1 is 1.30 bits per heavy atom. The van der Waals surface area contributed by atoms with Crippen LogP contribution in [-0.4, -0.2) is 23.4 Å². The summed E-state index contributed by atoms with van der Waals surface area (Å²) in [6.45, 7) is -0.317. The van der Waals surface area contributed by atoms with Crippen LogP contribution < -0.4 is 5.32 Å². The number of hydrogen-bond acceptors (Lipinski definition) is 2. The third-order valence-corrected chi connectivity index (χ3v) is 4.12. The Morgan fingerprint density at radius 2 is 1.95 bits per heavy atom. The zero-order valence-electron chi connectivity index (χ0n) is 10.9. The Kier molecular flexibility index (Phi) is 4.49. The number of rotatable bonds is 3. The predicted octanol–water partition coefficient (Wildman–Crippen LogP) is 4.24. The van der Waals surface area contributed by atoms with Crippen molar-refractivity contribution in [2.24, 2.45) is 5.92 Å². The van der Waals surface area contributed by atoms with Gasteiger partial charge < -0.3 is 10.4 Å². The van der Waals surface area contributed by atoms with Crippen LogP contribution in [0.4, 0.5) is 18.9 Å². The van der Waals surface area contributed by atoms with E-state index in [9.17, 15) is 18.3 Å². The fourth-order valence-electron chi connectivity index (χ4n) is 2.78. The minimum Gasteiger partial charge on any atom is -0.394 e. The lowest BCUT2D eigenvalue weighted by atomic mass is 9.75. The van der Waals surface area contributed by atoms with Crippen molar-refractivity contribution in [3.8, 4) is 0 Å². The predicted molar refractivity (Wildman–Crippen MR) is 72.9 cm³/mol. The molecule has 2 rings (SSSR count). The highest BCUT2D eigenvalue weighted by Gasteiger charge is 2.47. The maximum atomic E-state index is 12.9. The quantitative estimate of drug-likeness (QED) is 0.875. The molecule has 0 bridgehead atoms. The van der Waals surface area contributed by atoms with Gasteiger partial charge in [0.2, 0.25) is 0 Å². The molecule has 0 spiro atoms. The first-order chi connectivity index (χ1) is 9.35. The minimum atomic E-state index is -4.21. The van der Waals surface area contributed by atoms with Gasteiger partial charge in [-0.05, 0) is 43.5 Å². The summed E-state index contributed by atoms with van der Waals surface area (Å²) >= 11 is 5.78. The SMILES string of the molecule is OCC1(Nc2ccc(Cl)cc2)CCCC(C(F)(F)F)C1. The molecule has 6 heteroatoms. The van der Waals surface area contributed by atoms with Crippen LogP contribution in [-0.2, 0) is 0 Å². The molecular weight excluding hydrogens is 291 g/mol. The maximum absolute atomic E-state index is 12.9. The van der Waals surface area contributed by atoms with Crippen LogP contribution in [0.5, 0.6) is 0 Å². The highest BCUT2D eigenvalue weighted by Crippen LogP contribution is 2.42. The number of nitrogens with one attached hydrogen (secondary N) is 1. The summed E-state index contributed by atoms with van der Waals surface area (Å²) in [5.74, 6) is -1.36. The maximum Gasteiger partial charge on any atom is 0.391 e. The van der Waals surface area contributed by atoms with Crippen LogP contribution >= 0.6 is 11.6 Å². The van der Waals surface area contributed by atoms with Gasteiger partial charge in [0, 0.05) is 10.7 Å². The lowest BCUT2D eigenvalue weighted by molar-refractivity contribution is -0.187. The van der Waals surface area contributed by atoms with E-state index in [4.69, 9.17) is 11.6 Å². The van der Waals surface area contributed by atoms with E-state index in [0.29, 0.717) is 23.6 Å². The van der Waals surface area contributed by atoms with Crippen molar-refractivity contribution < 1.29 is 18.3 Å². The first kappa shape index (κ1) is 15.4. The second kappa shape index (κ2) is 5.82. The average molecular weight is 308 g/mol. The number of aliphatic hydroxyl groups is 1. The second-order valence-electron chi connectivity index (χ2n) is 5.41. The number of anilines is 1. The fraction of sp³-hybridized carbons (Fsp3) is 0.571. The van der Waals surface area contributed by atoms with E-state index in [1.807, 2.05) is 0 Å². The molecule has 1 aliphatic carbocycles. The number of alkyl halides is 3. The van der Waals surface area contributed by atoms with E-state index >= 15 is 0 Å². The Morgan fingerprint density at radius 3 is 2.50 bits per heavy atom. The smallest absolute Gasteiger partial charge is 0.391 e. The minimum absolute atomic E-state index is 0.102. The first-order valence-electron chi connectivity index (χ1n) is 6.56. The van der Waals surface area contributed by atoms with E-state index in [0.717, 1.165) is 0 Å².